The van der Waals surface area contributed by atoms with Gasteiger partial charge in [-0.15, -0.1) is 0 Å². The fraction of sp³-hybridized carbons (Fsp3) is 0.500. The van der Waals surface area contributed by atoms with Gasteiger partial charge in [-0.1, -0.05) is 12.1 Å². The average Bonchev–Trinajstić information content (AvgIpc) is 3.07. The third-order valence-electron chi connectivity index (χ3n) is 4.55. The van der Waals surface area contributed by atoms with Crippen LogP contribution in [0.4, 0.5) is 0 Å². The highest BCUT2D eigenvalue weighted by Crippen LogP contribution is 2.26. The van der Waals surface area contributed by atoms with Crippen molar-refractivity contribution in [3.8, 4) is 5.75 Å². The van der Waals surface area contributed by atoms with Gasteiger partial charge in [0, 0.05) is 36.8 Å². The number of benzene rings is 1. The highest BCUT2D eigenvalue weighted by Gasteiger charge is 2.32. The van der Waals surface area contributed by atoms with Crippen LogP contribution >= 0.6 is 0 Å². The lowest BCUT2D eigenvalue weighted by atomic mass is 10.0. The Kier molecular flexibility index (Phi) is 4.68. The summed E-state index contributed by atoms with van der Waals surface area (Å²) in [6, 6.07) is 8.34. The molecule has 0 spiro atoms. The summed E-state index contributed by atoms with van der Waals surface area (Å²) in [5.74, 6) is 1.15. The number of likely N-dealkylation sites (tertiary alicyclic amines) is 1. The minimum Gasteiger partial charge on any atom is -0.496 e. The zero-order chi connectivity index (χ0) is 16.4. The van der Waals surface area contributed by atoms with Crippen LogP contribution in [-0.4, -0.2) is 46.5 Å². The number of aryl methyl sites for hydroxylation is 2. The van der Waals surface area contributed by atoms with E-state index in [2.05, 4.69) is 46.3 Å². The lowest BCUT2D eigenvalue weighted by molar-refractivity contribution is 0.140. The van der Waals surface area contributed by atoms with Gasteiger partial charge in [0.1, 0.15) is 5.75 Å². The molecule has 1 aliphatic heterocycles. The van der Waals surface area contributed by atoms with Gasteiger partial charge < -0.3 is 9.84 Å². The summed E-state index contributed by atoms with van der Waals surface area (Å²) >= 11 is 0. The summed E-state index contributed by atoms with van der Waals surface area (Å²) in [5.41, 5.74) is 4.45. The van der Waals surface area contributed by atoms with Crippen molar-refractivity contribution in [2.75, 3.05) is 20.2 Å². The largest absolute Gasteiger partial charge is 0.496 e. The Balaban J connectivity index is 1.64. The monoisotopic (exact) mass is 315 g/mol. The van der Waals surface area contributed by atoms with E-state index in [1.165, 1.54) is 11.1 Å². The Morgan fingerprint density at radius 3 is 2.83 bits per heavy atom. The first-order valence-electron chi connectivity index (χ1n) is 8.10. The lowest BCUT2D eigenvalue weighted by Crippen LogP contribution is -2.21. The molecular formula is C18H25N3O2. The summed E-state index contributed by atoms with van der Waals surface area (Å²) < 4.78 is 5.49. The zero-order valence-corrected chi connectivity index (χ0v) is 14.0. The van der Waals surface area contributed by atoms with E-state index in [0.717, 1.165) is 36.6 Å². The van der Waals surface area contributed by atoms with E-state index in [9.17, 15) is 5.11 Å². The molecule has 0 radical (unpaired) electrons. The van der Waals surface area contributed by atoms with Crippen LogP contribution in [0, 0.1) is 19.8 Å². The minimum atomic E-state index is -0.302. The molecule has 0 unspecified atom stereocenters. The quantitative estimate of drug-likeness (QED) is 0.887. The van der Waals surface area contributed by atoms with Gasteiger partial charge in [-0.2, -0.15) is 5.10 Å². The Morgan fingerprint density at radius 1 is 1.30 bits per heavy atom. The molecule has 1 aromatic carbocycles. The van der Waals surface area contributed by atoms with Crippen molar-refractivity contribution in [1.29, 1.82) is 0 Å². The number of ether oxygens (including phenoxy) is 1. The molecule has 124 valence electrons. The van der Waals surface area contributed by atoms with Crippen molar-refractivity contribution in [3.63, 3.8) is 0 Å². The summed E-state index contributed by atoms with van der Waals surface area (Å²) in [5, 5.41) is 17.6. The first-order valence-corrected chi connectivity index (χ1v) is 8.10. The Hall–Kier alpha value is -1.85. The molecule has 23 heavy (non-hydrogen) atoms. The predicted octanol–water partition coefficient (Wildman–Crippen LogP) is 2.07. The molecular weight excluding hydrogens is 290 g/mol. The van der Waals surface area contributed by atoms with Gasteiger partial charge in [-0.25, -0.2) is 0 Å². The fourth-order valence-corrected chi connectivity index (χ4v) is 3.34. The molecule has 2 atom stereocenters. The molecule has 0 aliphatic carbocycles. The van der Waals surface area contributed by atoms with Gasteiger partial charge in [0.05, 0.1) is 18.9 Å². The van der Waals surface area contributed by atoms with Crippen LogP contribution in [0.1, 0.15) is 22.5 Å². The normalized spacial score (nSPS) is 21.7. The summed E-state index contributed by atoms with van der Waals surface area (Å²) in [7, 11) is 1.71. The number of aromatic amines is 1. The average molecular weight is 315 g/mol. The maximum Gasteiger partial charge on any atom is 0.123 e. The Morgan fingerprint density at radius 2 is 2.13 bits per heavy atom. The highest BCUT2D eigenvalue weighted by molar-refractivity contribution is 5.37. The zero-order valence-electron chi connectivity index (χ0n) is 14.0. The highest BCUT2D eigenvalue weighted by atomic mass is 16.5. The second-order valence-electron chi connectivity index (χ2n) is 6.58. The van der Waals surface area contributed by atoms with Crippen LogP contribution in [0.2, 0.25) is 0 Å². The first kappa shape index (κ1) is 16.0. The molecule has 1 saturated heterocycles. The van der Waals surface area contributed by atoms with E-state index < -0.39 is 0 Å². The fourth-order valence-electron chi connectivity index (χ4n) is 3.34. The number of aromatic nitrogens is 2. The van der Waals surface area contributed by atoms with Crippen molar-refractivity contribution < 1.29 is 9.84 Å². The summed E-state index contributed by atoms with van der Waals surface area (Å²) in [4.78, 5) is 2.29. The van der Waals surface area contributed by atoms with Gasteiger partial charge >= 0.3 is 0 Å². The molecule has 1 aliphatic rings. The minimum absolute atomic E-state index is 0.231. The molecule has 0 saturated carbocycles. The predicted molar refractivity (Wildman–Crippen MR) is 89.5 cm³/mol. The van der Waals surface area contributed by atoms with E-state index >= 15 is 0 Å². The van der Waals surface area contributed by atoms with Crippen molar-refractivity contribution in [2.24, 2.45) is 5.92 Å². The number of nitrogens with one attached hydrogen (secondary N) is 1. The molecule has 5 nitrogen and oxygen atoms in total. The van der Waals surface area contributed by atoms with E-state index in [-0.39, 0.29) is 12.0 Å². The number of H-pyrrole nitrogens is 1. The first-order chi connectivity index (χ1) is 11.0. The number of methoxy groups -OCH3 is 1. The van der Waals surface area contributed by atoms with Crippen LogP contribution in [0.25, 0.3) is 0 Å². The molecule has 2 heterocycles. The molecule has 0 bridgehead atoms. The molecule has 0 amide bonds. The van der Waals surface area contributed by atoms with Gasteiger partial charge in [-0.05, 0) is 38.0 Å². The maximum absolute atomic E-state index is 10.4. The molecule has 5 heteroatoms. The van der Waals surface area contributed by atoms with Crippen molar-refractivity contribution in [1.82, 2.24) is 15.1 Å². The standard InChI is InChI=1S/C18H25N3O2/c1-12-4-5-14(18(6-12)23-3)9-21-10-15(17(22)11-21)8-16-7-13(2)19-20-16/h4-7,15,17,22H,8-11H2,1-3H3,(H,19,20)/t15-,17-/m1/s1. The topological polar surface area (TPSA) is 61.4 Å². The summed E-state index contributed by atoms with van der Waals surface area (Å²) in [6.07, 6.45) is 0.510. The smallest absolute Gasteiger partial charge is 0.123 e. The van der Waals surface area contributed by atoms with E-state index in [0.29, 0.717) is 6.54 Å². The SMILES string of the molecule is COc1cc(C)ccc1CN1C[C@@H](Cc2cc(C)[nH]n2)[C@H](O)C1. The number of aliphatic hydroxyl groups excluding tert-OH is 1. The van der Waals surface area contributed by atoms with Crippen LogP contribution in [0.5, 0.6) is 5.75 Å². The molecule has 2 N–H and O–H groups in total. The van der Waals surface area contributed by atoms with Crippen LogP contribution in [0.15, 0.2) is 24.3 Å². The molecule has 2 aromatic rings. The van der Waals surface area contributed by atoms with Gasteiger partial charge in [0.15, 0.2) is 0 Å². The van der Waals surface area contributed by atoms with Crippen molar-refractivity contribution in [2.45, 2.75) is 32.9 Å². The van der Waals surface area contributed by atoms with E-state index in [1.54, 1.807) is 7.11 Å². The third-order valence-corrected chi connectivity index (χ3v) is 4.55. The lowest BCUT2D eigenvalue weighted by Gasteiger charge is -2.17. The second-order valence-corrected chi connectivity index (χ2v) is 6.58. The van der Waals surface area contributed by atoms with Gasteiger partial charge in [-0.3, -0.25) is 10.00 Å². The molecule has 3 rings (SSSR count). The van der Waals surface area contributed by atoms with E-state index in [1.807, 2.05) is 6.92 Å². The van der Waals surface area contributed by atoms with E-state index in [4.69, 9.17) is 4.74 Å². The number of hydrogen-bond acceptors (Lipinski definition) is 4. The number of rotatable bonds is 5. The van der Waals surface area contributed by atoms with Crippen LogP contribution in [0.3, 0.4) is 0 Å². The number of aliphatic hydroxyl groups is 1. The number of nitrogens with zero attached hydrogens (tertiary/aromatic N) is 2. The van der Waals surface area contributed by atoms with Crippen molar-refractivity contribution >= 4 is 0 Å². The van der Waals surface area contributed by atoms with Crippen LogP contribution in [-0.2, 0) is 13.0 Å². The third kappa shape index (κ3) is 3.74. The van der Waals surface area contributed by atoms with Crippen LogP contribution < -0.4 is 4.74 Å². The number of β-amino-alcohol motifs (C(OH)–C–C–N with tert-alkyl or cyclic N) is 1. The second kappa shape index (κ2) is 6.72. The Bertz CT molecular complexity index is 668. The van der Waals surface area contributed by atoms with Crippen molar-refractivity contribution in [3.05, 3.63) is 46.8 Å². The maximum atomic E-state index is 10.4. The van der Waals surface area contributed by atoms with Gasteiger partial charge in [0.2, 0.25) is 0 Å². The van der Waals surface area contributed by atoms with Gasteiger partial charge in [0.25, 0.3) is 0 Å². The number of hydrogen-bond donors (Lipinski definition) is 2. The molecule has 1 aromatic heterocycles. The summed E-state index contributed by atoms with van der Waals surface area (Å²) in [6.45, 7) is 6.44. The Labute approximate surface area is 137 Å². The molecule has 1 fully saturated rings.